The van der Waals surface area contributed by atoms with Crippen molar-refractivity contribution in [1.29, 1.82) is 0 Å². The summed E-state index contributed by atoms with van der Waals surface area (Å²) in [6, 6.07) is 16.3. The highest BCUT2D eigenvalue weighted by Crippen LogP contribution is 2.18. The fourth-order valence-electron chi connectivity index (χ4n) is 3.83. The summed E-state index contributed by atoms with van der Waals surface area (Å²) in [7, 11) is 0. The molecule has 4 rings (SSSR count). The molecule has 0 radical (unpaired) electrons. The van der Waals surface area contributed by atoms with Crippen LogP contribution < -0.4 is 5.32 Å². The number of piperazine rings is 1. The summed E-state index contributed by atoms with van der Waals surface area (Å²) in [5, 5.41) is 6.18. The molecule has 0 spiro atoms. The molecule has 2 aliphatic heterocycles. The van der Waals surface area contributed by atoms with Crippen molar-refractivity contribution < 1.29 is 0 Å². The topological polar surface area (TPSA) is 18.5 Å². The Morgan fingerprint density at radius 3 is 2.55 bits per heavy atom. The van der Waals surface area contributed by atoms with Crippen LogP contribution in [0.2, 0.25) is 0 Å². The fraction of sp³-hybridized carbons (Fsp3) is 0.474. The van der Waals surface area contributed by atoms with Crippen LogP contribution in [-0.4, -0.2) is 55.1 Å². The van der Waals surface area contributed by atoms with Gasteiger partial charge in [0.1, 0.15) is 0 Å². The van der Waals surface area contributed by atoms with Crippen LogP contribution in [0.1, 0.15) is 12.0 Å². The first kappa shape index (κ1) is 14.2. The van der Waals surface area contributed by atoms with E-state index in [1.807, 2.05) is 0 Å². The van der Waals surface area contributed by atoms with Gasteiger partial charge in [-0.25, -0.2) is 0 Å². The first-order valence-corrected chi connectivity index (χ1v) is 8.53. The van der Waals surface area contributed by atoms with Gasteiger partial charge in [0.2, 0.25) is 0 Å². The Balaban J connectivity index is 1.37. The Bertz CT molecular complexity index is 625. The predicted octanol–water partition coefficient (Wildman–Crippen LogP) is 2.32. The smallest absolute Gasteiger partial charge is 0.0235 e. The molecule has 3 heteroatoms. The van der Waals surface area contributed by atoms with E-state index in [0.29, 0.717) is 0 Å². The lowest BCUT2D eigenvalue weighted by Gasteiger charge is -2.37. The van der Waals surface area contributed by atoms with Gasteiger partial charge in [-0.2, -0.15) is 0 Å². The third-order valence-corrected chi connectivity index (χ3v) is 5.18. The standard InChI is InChI=1S/C19H25N3/c1-2-4-18-13-16(5-6-17(18)3-1)15-21-9-11-22(12-10-21)19-7-8-20-14-19/h1-6,13,19-20H,7-12,14-15H2. The van der Waals surface area contributed by atoms with Crippen LogP contribution in [0.4, 0.5) is 0 Å². The second-order valence-electron chi connectivity index (χ2n) is 6.64. The van der Waals surface area contributed by atoms with Crippen LogP contribution in [0, 0.1) is 0 Å². The summed E-state index contributed by atoms with van der Waals surface area (Å²) in [6.45, 7) is 8.31. The van der Waals surface area contributed by atoms with Gasteiger partial charge in [-0.15, -0.1) is 0 Å². The number of hydrogen-bond acceptors (Lipinski definition) is 3. The molecule has 3 nitrogen and oxygen atoms in total. The summed E-state index contributed by atoms with van der Waals surface area (Å²) in [4.78, 5) is 5.28. The molecule has 1 N–H and O–H groups in total. The number of nitrogens with one attached hydrogen (secondary N) is 1. The molecule has 2 aliphatic rings. The second-order valence-corrected chi connectivity index (χ2v) is 6.64. The van der Waals surface area contributed by atoms with Gasteiger partial charge in [-0.1, -0.05) is 36.4 Å². The summed E-state index contributed by atoms with van der Waals surface area (Å²) < 4.78 is 0. The lowest BCUT2D eigenvalue weighted by molar-refractivity contribution is 0.0981. The highest BCUT2D eigenvalue weighted by Gasteiger charge is 2.25. The van der Waals surface area contributed by atoms with Crippen molar-refractivity contribution in [1.82, 2.24) is 15.1 Å². The molecule has 2 saturated heterocycles. The highest BCUT2D eigenvalue weighted by molar-refractivity contribution is 5.82. The molecule has 116 valence electrons. The molecule has 0 aromatic heterocycles. The summed E-state index contributed by atoms with van der Waals surface area (Å²) in [5.74, 6) is 0. The molecule has 2 aromatic carbocycles. The van der Waals surface area contributed by atoms with Crippen molar-refractivity contribution >= 4 is 10.8 Å². The minimum atomic E-state index is 0.780. The normalized spacial score (nSPS) is 24.1. The predicted molar refractivity (Wildman–Crippen MR) is 92.1 cm³/mol. The van der Waals surface area contributed by atoms with Gasteiger partial charge in [-0.3, -0.25) is 9.80 Å². The molecular formula is C19H25N3. The lowest BCUT2D eigenvalue weighted by atomic mass is 10.1. The Morgan fingerprint density at radius 1 is 0.955 bits per heavy atom. The van der Waals surface area contributed by atoms with E-state index < -0.39 is 0 Å². The molecule has 2 aromatic rings. The van der Waals surface area contributed by atoms with Crippen molar-refractivity contribution in [3.63, 3.8) is 0 Å². The third-order valence-electron chi connectivity index (χ3n) is 5.18. The molecule has 1 atom stereocenters. The number of hydrogen-bond donors (Lipinski definition) is 1. The SMILES string of the molecule is c1ccc2cc(CN3CCN(C4CCNC4)CC3)ccc2c1. The molecule has 0 amide bonds. The molecule has 2 fully saturated rings. The van der Waals surface area contributed by atoms with Gasteiger partial charge in [0, 0.05) is 45.3 Å². The third kappa shape index (κ3) is 3.02. The zero-order chi connectivity index (χ0) is 14.8. The maximum Gasteiger partial charge on any atom is 0.0235 e. The zero-order valence-electron chi connectivity index (χ0n) is 13.2. The van der Waals surface area contributed by atoms with E-state index in [1.54, 1.807) is 0 Å². The quantitative estimate of drug-likeness (QED) is 0.937. The lowest BCUT2D eigenvalue weighted by Crippen LogP contribution is -2.50. The number of rotatable bonds is 3. The van der Waals surface area contributed by atoms with Crippen molar-refractivity contribution in [3.8, 4) is 0 Å². The molecule has 22 heavy (non-hydrogen) atoms. The number of benzene rings is 2. The average molecular weight is 295 g/mol. The average Bonchev–Trinajstić information content (AvgIpc) is 3.10. The molecule has 0 aliphatic carbocycles. The molecule has 2 heterocycles. The van der Waals surface area contributed by atoms with E-state index >= 15 is 0 Å². The first-order valence-electron chi connectivity index (χ1n) is 8.53. The van der Waals surface area contributed by atoms with E-state index in [9.17, 15) is 0 Å². The zero-order valence-corrected chi connectivity index (χ0v) is 13.2. The molecular weight excluding hydrogens is 270 g/mol. The van der Waals surface area contributed by atoms with Crippen LogP contribution in [0.5, 0.6) is 0 Å². The summed E-state index contributed by atoms with van der Waals surface area (Å²) in [5.41, 5.74) is 1.44. The Labute approximate surface area is 132 Å². The van der Waals surface area contributed by atoms with E-state index in [0.717, 1.165) is 12.6 Å². The number of nitrogens with zero attached hydrogens (tertiary/aromatic N) is 2. The van der Waals surface area contributed by atoms with E-state index in [4.69, 9.17) is 0 Å². The minimum Gasteiger partial charge on any atom is -0.315 e. The van der Waals surface area contributed by atoms with Gasteiger partial charge in [0.05, 0.1) is 0 Å². The minimum absolute atomic E-state index is 0.780. The van der Waals surface area contributed by atoms with Crippen molar-refractivity contribution in [2.24, 2.45) is 0 Å². The monoisotopic (exact) mass is 295 g/mol. The van der Waals surface area contributed by atoms with Gasteiger partial charge in [-0.05, 0) is 35.4 Å². The molecule has 1 unspecified atom stereocenters. The Hall–Kier alpha value is -1.42. The van der Waals surface area contributed by atoms with Gasteiger partial charge < -0.3 is 5.32 Å². The van der Waals surface area contributed by atoms with Crippen LogP contribution in [-0.2, 0) is 6.54 Å². The maximum atomic E-state index is 3.48. The first-order chi connectivity index (χ1) is 10.9. The summed E-state index contributed by atoms with van der Waals surface area (Å²) >= 11 is 0. The fourth-order valence-corrected chi connectivity index (χ4v) is 3.83. The summed E-state index contributed by atoms with van der Waals surface area (Å²) in [6.07, 6.45) is 1.32. The van der Waals surface area contributed by atoms with Crippen LogP contribution in [0.25, 0.3) is 10.8 Å². The van der Waals surface area contributed by atoms with Crippen molar-refractivity contribution in [3.05, 3.63) is 48.0 Å². The molecule has 0 saturated carbocycles. The van der Waals surface area contributed by atoms with Gasteiger partial charge in [0.25, 0.3) is 0 Å². The van der Waals surface area contributed by atoms with E-state index in [2.05, 4.69) is 57.6 Å². The number of fused-ring (bicyclic) bond motifs is 1. The van der Waals surface area contributed by atoms with Crippen molar-refractivity contribution in [2.75, 3.05) is 39.3 Å². The second kappa shape index (κ2) is 6.37. The highest BCUT2D eigenvalue weighted by atomic mass is 15.3. The van der Waals surface area contributed by atoms with E-state index in [1.165, 1.54) is 62.0 Å². The Morgan fingerprint density at radius 2 is 1.77 bits per heavy atom. The maximum absolute atomic E-state index is 3.48. The molecule has 0 bridgehead atoms. The van der Waals surface area contributed by atoms with Gasteiger partial charge >= 0.3 is 0 Å². The van der Waals surface area contributed by atoms with Crippen LogP contribution >= 0.6 is 0 Å². The Kier molecular flexibility index (Phi) is 4.11. The van der Waals surface area contributed by atoms with Gasteiger partial charge in [0.15, 0.2) is 0 Å². The largest absolute Gasteiger partial charge is 0.315 e. The van der Waals surface area contributed by atoms with E-state index in [-0.39, 0.29) is 0 Å². The van der Waals surface area contributed by atoms with Crippen LogP contribution in [0.3, 0.4) is 0 Å². The van der Waals surface area contributed by atoms with Crippen molar-refractivity contribution in [2.45, 2.75) is 19.0 Å². The van der Waals surface area contributed by atoms with Crippen LogP contribution in [0.15, 0.2) is 42.5 Å².